The molecule has 8 heteroatoms. The second-order valence-corrected chi connectivity index (χ2v) is 6.81. The summed E-state index contributed by atoms with van der Waals surface area (Å²) in [6, 6.07) is 10.2. The van der Waals surface area contributed by atoms with E-state index in [1.54, 1.807) is 48.8 Å². The number of carbonyl (C=O) groups is 2. The molecule has 120 valence electrons. The summed E-state index contributed by atoms with van der Waals surface area (Å²) >= 11 is 12.3. The van der Waals surface area contributed by atoms with Crippen LogP contribution in [-0.4, -0.2) is 26.1 Å². The highest BCUT2D eigenvalue weighted by Crippen LogP contribution is 2.31. The van der Waals surface area contributed by atoms with Gasteiger partial charge in [-0.15, -0.1) is 0 Å². The number of aromatic nitrogens is 1. The number of rotatable bonds is 3. The van der Waals surface area contributed by atoms with Crippen molar-refractivity contribution in [1.82, 2.24) is 15.4 Å². The molecule has 1 fully saturated rings. The van der Waals surface area contributed by atoms with Crippen molar-refractivity contribution in [3.05, 3.63) is 69.8 Å². The molecule has 0 atom stereocenters. The third-order valence-electron chi connectivity index (χ3n) is 3.11. The van der Waals surface area contributed by atoms with E-state index in [-0.39, 0.29) is 9.88 Å². The average Bonchev–Trinajstić information content (AvgIpc) is 2.83. The highest BCUT2D eigenvalue weighted by Gasteiger charge is 2.34. The lowest BCUT2D eigenvalue weighted by Crippen LogP contribution is -2.44. The van der Waals surface area contributed by atoms with E-state index in [4.69, 9.17) is 23.8 Å². The fourth-order valence-electron chi connectivity index (χ4n) is 1.98. The van der Waals surface area contributed by atoms with Gasteiger partial charge >= 0.3 is 0 Å². The lowest BCUT2D eigenvalue weighted by molar-refractivity contribution is -0.123. The molecule has 2 amide bonds. The molecule has 1 aromatic carbocycles. The SMILES string of the molecule is O=C(NN1C(=O)C(=Cc2cccnc2)SC1=S)c1ccccc1Cl. The van der Waals surface area contributed by atoms with E-state index in [2.05, 4.69) is 10.4 Å². The van der Waals surface area contributed by atoms with Crippen LogP contribution in [0.2, 0.25) is 5.02 Å². The van der Waals surface area contributed by atoms with Crippen LogP contribution in [0.4, 0.5) is 0 Å². The van der Waals surface area contributed by atoms with Crippen molar-refractivity contribution in [2.45, 2.75) is 0 Å². The Kier molecular flexibility index (Phi) is 4.94. The molecule has 3 rings (SSSR count). The summed E-state index contributed by atoms with van der Waals surface area (Å²) in [4.78, 5) is 29.1. The van der Waals surface area contributed by atoms with Crippen LogP contribution in [0, 0.1) is 0 Å². The number of thiocarbonyl (C=S) groups is 1. The van der Waals surface area contributed by atoms with E-state index in [0.29, 0.717) is 9.93 Å². The van der Waals surface area contributed by atoms with Crippen LogP contribution in [0.15, 0.2) is 53.7 Å². The lowest BCUT2D eigenvalue weighted by Gasteiger charge is -2.16. The van der Waals surface area contributed by atoms with Crippen molar-refractivity contribution in [2.75, 3.05) is 0 Å². The number of hydrogen-bond acceptors (Lipinski definition) is 5. The topological polar surface area (TPSA) is 62.3 Å². The van der Waals surface area contributed by atoms with Crippen LogP contribution in [0.5, 0.6) is 0 Å². The minimum absolute atomic E-state index is 0.246. The van der Waals surface area contributed by atoms with Crippen molar-refractivity contribution in [1.29, 1.82) is 0 Å². The van der Waals surface area contributed by atoms with E-state index in [0.717, 1.165) is 22.3 Å². The maximum atomic E-state index is 12.5. The van der Waals surface area contributed by atoms with Gasteiger partial charge in [0.2, 0.25) is 0 Å². The van der Waals surface area contributed by atoms with Gasteiger partial charge in [-0.2, -0.15) is 5.01 Å². The lowest BCUT2D eigenvalue weighted by atomic mass is 10.2. The van der Waals surface area contributed by atoms with E-state index < -0.39 is 11.8 Å². The number of nitrogens with one attached hydrogen (secondary N) is 1. The quantitative estimate of drug-likeness (QED) is 0.659. The molecule has 0 aliphatic carbocycles. The number of thioether (sulfide) groups is 1. The molecule has 0 saturated carbocycles. The second kappa shape index (κ2) is 7.12. The van der Waals surface area contributed by atoms with Crippen LogP contribution in [0.1, 0.15) is 15.9 Å². The number of hydrazine groups is 1. The molecule has 0 spiro atoms. The maximum absolute atomic E-state index is 12.5. The summed E-state index contributed by atoms with van der Waals surface area (Å²) in [6.45, 7) is 0. The molecule has 0 radical (unpaired) electrons. The summed E-state index contributed by atoms with van der Waals surface area (Å²) in [5.41, 5.74) is 3.53. The average molecular weight is 376 g/mol. The summed E-state index contributed by atoms with van der Waals surface area (Å²) < 4.78 is 0.246. The third-order valence-corrected chi connectivity index (χ3v) is 4.74. The first-order valence-corrected chi connectivity index (χ1v) is 8.40. The van der Waals surface area contributed by atoms with E-state index >= 15 is 0 Å². The zero-order valence-electron chi connectivity index (χ0n) is 12.1. The number of benzene rings is 1. The first-order valence-electron chi connectivity index (χ1n) is 6.80. The minimum atomic E-state index is -0.500. The Labute approximate surface area is 152 Å². The van der Waals surface area contributed by atoms with Crippen LogP contribution >= 0.6 is 35.6 Å². The third kappa shape index (κ3) is 3.48. The molecular formula is C16H10ClN3O2S2. The highest BCUT2D eigenvalue weighted by atomic mass is 35.5. The van der Waals surface area contributed by atoms with E-state index in [9.17, 15) is 9.59 Å². The van der Waals surface area contributed by atoms with Gasteiger partial charge in [-0.3, -0.25) is 20.0 Å². The van der Waals surface area contributed by atoms with Gasteiger partial charge < -0.3 is 0 Å². The molecule has 2 heterocycles. The Morgan fingerprint density at radius 1 is 1.29 bits per heavy atom. The Morgan fingerprint density at radius 2 is 2.08 bits per heavy atom. The zero-order valence-corrected chi connectivity index (χ0v) is 14.5. The predicted octanol–water partition coefficient (Wildman–Crippen LogP) is 3.28. The standard InChI is InChI=1S/C16H10ClN3O2S2/c17-12-6-2-1-5-11(12)14(21)19-20-15(22)13(24-16(20)23)8-10-4-3-7-18-9-10/h1-9H,(H,19,21). The number of nitrogens with zero attached hydrogens (tertiary/aromatic N) is 2. The summed E-state index contributed by atoms with van der Waals surface area (Å²) in [6.07, 6.45) is 4.95. The van der Waals surface area contributed by atoms with Crippen LogP contribution in [0.3, 0.4) is 0 Å². The first-order chi connectivity index (χ1) is 11.6. The number of carbonyl (C=O) groups excluding carboxylic acids is 2. The Hall–Kier alpha value is -2.22. The summed E-state index contributed by atoms with van der Waals surface area (Å²) in [7, 11) is 0. The molecule has 1 saturated heterocycles. The minimum Gasteiger partial charge on any atom is -0.267 e. The normalized spacial score (nSPS) is 15.9. The highest BCUT2D eigenvalue weighted by molar-refractivity contribution is 8.26. The van der Waals surface area contributed by atoms with E-state index in [1.807, 2.05) is 6.07 Å². The molecule has 1 aliphatic rings. The van der Waals surface area contributed by atoms with E-state index in [1.165, 1.54) is 0 Å². The Balaban J connectivity index is 1.79. The Bertz CT molecular complexity index is 855. The monoisotopic (exact) mass is 375 g/mol. The van der Waals surface area contributed by atoms with Gasteiger partial charge in [0, 0.05) is 12.4 Å². The van der Waals surface area contributed by atoms with Gasteiger partial charge in [-0.25, -0.2) is 0 Å². The van der Waals surface area contributed by atoms with Gasteiger partial charge in [-0.1, -0.05) is 41.6 Å². The number of hydrogen-bond donors (Lipinski definition) is 1. The van der Waals surface area contributed by atoms with Crippen LogP contribution in [0.25, 0.3) is 6.08 Å². The van der Waals surface area contributed by atoms with Crippen molar-refractivity contribution in [3.63, 3.8) is 0 Å². The molecule has 5 nitrogen and oxygen atoms in total. The first kappa shape index (κ1) is 16.6. The van der Waals surface area contributed by atoms with Crippen molar-refractivity contribution >= 4 is 57.8 Å². The number of amides is 2. The van der Waals surface area contributed by atoms with Gasteiger partial charge in [0.05, 0.1) is 15.5 Å². The Morgan fingerprint density at radius 3 is 2.79 bits per heavy atom. The van der Waals surface area contributed by atoms with Crippen LogP contribution in [-0.2, 0) is 4.79 Å². The maximum Gasteiger partial charge on any atom is 0.285 e. The van der Waals surface area contributed by atoms with Crippen LogP contribution < -0.4 is 5.43 Å². The van der Waals surface area contributed by atoms with Crippen molar-refractivity contribution in [3.8, 4) is 0 Å². The predicted molar refractivity (Wildman–Crippen MR) is 98.2 cm³/mol. The fourth-order valence-corrected chi connectivity index (χ4v) is 3.38. The molecule has 2 aromatic rings. The van der Waals surface area contributed by atoms with Gasteiger partial charge in [0.25, 0.3) is 11.8 Å². The largest absolute Gasteiger partial charge is 0.285 e. The summed E-state index contributed by atoms with van der Waals surface area (Å²) in [5, 5.41) is 1.35. The van der Waals surface area contributed by atoms with Crippen molar-refractivity contribution < 1.29 is 9.59 Å². The molecule has 1 aromatic heterocycles. The number of halogens is 1. The fraction of sp³-hybridized carbons (Fsp3) is 0. The van der Waals surface area contributed by atoms with Crippen molar-refractivity contribution in [2.24, 2.45) is 0 Å². The molecule has 0 unspecified atom stereocenters. The second-order valence-electron chi connectivity index (χ2n) is 4.72. The molecular weight excluding hydrogens is 366 g/mol. The summed E-state index contributed by atoms with van der Waals surface area (Å²) in [5.74, 6) is -0.895. The molecule has 0 bridgehead atoms. The zero-order chi connectivity index (χ0) is 17.1. The number of pyridine rings is 1. The molecule has 1 N–H and O–H groups in total. The van der Waals surface area contributed by atoms with Gasteiger partial charge in [0.1, 0.15) is 0 Å². The smallest absolute Gasteiger partial charge is 0.267 e. The van der Waals surface area contributed by atoms with Gasteiger partial charge in [-0.05, 0) is 42.1 Å². The molecule has 24 heavy (non-hydrogen) atoms. The molecule has 1 aliphatic heterocycles. The van der Waals surface area contributed by atoms with Gasteiger partial charge in [0.15, 0.2) is 4.32 Å².